The van der Waals surface area contributed by atoms with Gasteiger partial charge in [-0.2, -0.15) is 8.42 Å². The van der Waals surface area contributed by atoms with Crippen LogP contribution >= 0.6 is 0 Å². The van der Waals surface area contributed by atoms with Crippen LogP contribution in [0.15, 0.2) is 76.0 Å². The Bertz CT molecular complexity index is 1400. The summed E-state index contributed by atoms with van der Waals surface area (Å²) in [4.78, 5) is 13.5. The van der Waals surface area contributed by atoms with Crippen LogP contribution in [0.25, 0.3) is 11.0 Å². The molecule has 0 aliphatic heterocycles. The van der Waals surface area contributed by atoms with Crippen LogP contribution in [0.3, 0.4) is 0 Å². The number of aryl methyl sites for hydroxylation is 2. The molecule has 0 bridgehead atoms. The zero-order valence-corrected chi connectivity index (χ0v) is 19.3. The van der Waals surface area contributed by atoms with Crippen LogP contribution in [-0.4, -0.2) is 14.2 Å². The first kappa shape index (κ1) is 22.6. The summed E-state index contributed by atoms with van der Waals surface area (Å²) in [5, 5.41) is 0.674. The maximum Gasteiger partial charge on any atom is 0.339 e. The van der Waals surface area contributed by atoms with E-state index < -0.39 is 10.1 Å². The summed E-state index contributed by atoms with van der Waals surface area (Å²) < 4.78 is 36.3. The van der Waals surface area contributed by atoms with Gasteiger partial charge in [-0.1, -0.05) is 31.0 Å². The van der Waals surface area contributed by atoms with Crippen molar-refractivity contribution in [3.63, 3.8) is 0 Å². The number of nitrogens with two attached hydrogens (primary N) is 1. The molecule has 0 aliphatic rings. The molecular formula is C26H25NO5S. The first-order valence-electron chi connectivity index (χ1n) is 10.8. The van der Waals surface area contributed by atoms with Crippen LogP contribution in [0.2, 0.25) is 0 Å². The normalized spacial score (nSPS) is 11.6. The molecule has 0 amide bonds. The first-order chi connectivity index (χ1) is 15.8. The smallest absolute Gasteiger partial charge is 0.339 e. The summed E-state index contributed by atoms with van der Waals surface area (Å²) in [6.07, 6.45) is 2.50. The standard InChI is InChI=1S/C26H25NO5S/c1-3-4-5-24-25(22-16-19(27)10-15-23(22)31-24)26(28)18-8-11-20(12-9-18)32-33(29,30)21-13-6-17(2)7-14-21/h6-16H,3-5,27H2,1-2H3. The van der Waals surface area contributed by atoms with Gasteiger partial charge in [-0.15, -0.1) is 0 Å². The third-order valence-corrected chi connectivity index (χ3v) is 6.66. The molecule has 170 valence electrons. The Morgan fingerprint density at radius 2 is 1.70 bits per heavy atom. The highest BCUT2D eigenvalue weighted by Crippen LogP contribution is 2.31. The highest BCUT2D eigenvalue weighted by Gasteiger charge is 2.23. The Balaban J connectivity index is 1.63. The fourth-order valence-corrected chi connectivity index (χ4v) is 4.54. The van der Waals surface area contributed by atoms with Crippen molar-refractivity contribution in [1.29, 1.82) is 0 Å². The van der Waals surface area contributed by atoms with E-state index in [1.54, 1.807) is 42.5 Å². The molecule has 0 saturated carbocycles. The van der Waals surface area contributed by atoms with Crippen LogP contribution in [0.5, 0.6) is 5.75 Å². The van der Waals surface area contributed by atoms with Crippen molar-refractivity contribution in [1.82, 2.24) is 0 Å². The topological polar surface area (TPSA) is 99.6 Å². The third-order valence-electron chi connectivity index (χ3n) is 5.40. The Hall–Kier alpha value is -3.58. The summed E-state index contributed by atoms with van der Waals surface area (Å²) in [6.45, 7) is 3.95. The summed E-state index contributed by atoms with van der Waals surface area (Å²) in [7, 11) is -3.97. The maximum atomic E-state index is 13.4. The minimum Gasteiger partial charge on any atom is -0.460 e. The Kier molecular flexibility index (Phi) is 6.24. The van der Waals surface area contributed by atoms with E-state index >= 15 is 0 Å². The maximum absolute atomic E-state index is 13.4. The van der Waals surface area contributed by atoms with E-state index in [9.17, 15) is 13.2 Å². The van der Waals surface area contributed by atoms with Crippen molar-refractivity contribution in [2.24, 2.45) is 0 Å². The summed E-state index contributed by atoms with van der Waals surface area (Å²) >= 11 is 0. The average molecular weight is 464 g/mol. The number of carbonyl (C=O) groups excluding carboxylic acids is 1. The number of rotatable bonds is 8. The molecule has 0 radical (unpaired) electrons. The lowest BCUT2D eigenvalue weighted by molar-refractivity contribution is 0.103. The number of furan rings is 1. The van der Waals surface area contributed by atoms with Crippen LogP contribution in [-0.2, 0) is 16.5 Å². The van der Waals surface area contributed by atoms with Gasteiger partial charge in [0.2, 0.25) is 0 Å². The molecule has 1 aromatic heterocycles. The van der Waals surface area contributed by atoms with Gasteiger partial charge in [0.15, 0.2) is 5.78 Å². The fraction of sp³-hybridized carbons (Fsp3) is 0.192. The van der Waals surface area contributed by atoms with E-state index in [4.69, 9.17) is 14.3 Å². The molecule has 0 atom stereocenters. The zero-order chi connectivity index (χ0) is 23.6. The number of fused-ring (bicyclic) bond motifs is 1. The molecule has 0 spiro atoms. The van der Waals surface area contributed by atoms with Gasteiger partial charge >= 0.3 is 10.1 Å². The van der Waals surface area contributed by atoms with E-state index in [-0.39, 0.29) is 16.4 Å². The number of benzene rings is 3. The first-order valence-corrected chi connectivity index (χ1v) is 12.2. The molecule has 2 N–H and O–H groups in total. The lowest BCUT2D eigenvalue weighted by atomic mass is 9.98. The van der Waals surface area contributed by atoms with Gasteiger partial charge in [-0.05, 0) is 67.9 Å². The van der Waals surface area contributed by atoms with Gasteiger partial charge in [0, 0.05) is 23.1 Å². The predicted octanol–water partition coefficient (Wildman–Crippen LogP) is 5.66. The number of hydrogen-bond donors (Lipinski definition) is 1. The van der Waals surface area contributed by atoms with Gasteiger partial charge in [-0.3, -0.25) is 4.79 Å². The van der Waals surface area contributed by atoms with Gasteiger partial charge in [-0.25, -0.2) is 0 Å². The third kappa shape index (κ3) is 4.78. The van der Waals surface area contributed by atoms with E-state index in [2.05, 4.69) is 6.92 Å². The van der Waals surface area contributed by atoms with E-state index in [1.807, 2.05) is 6.92 Å². The highest BCUT2D eigenvalue weighted by molar-refractivity contribution is 7.87. The molecule has 33 heavy (non-hydrogen) atoms. The number of hydrogen-bond acceptors (Lipinski definition) is 6. The minimum absolute atomic E-state index is 0.0660. The van der Waals surface area contributed by atoms with Crippen molar-refractivity contribution in [2.75, 3.05) is 5.73 Å². The molecule has 3 aromatic carbocycles. The van der Waals surface area contributed by atoms with Gasteiger partial charge in [0.25, 0.3) is 0 Å². The van der Waals surface area contributed by atoms with Crippen LogP contribution < -0.4 is 9.92 Å². The van der Waals surface area contributed by atoms with Gasteiger partial charge in [0.05, 0.1) is 5.56 Å². The predicted molar refractivity (Wildman–Crippen MR) is 128 cm³/mol. The molecule has 0 unspecified atom stereocenters. The molecule has 4 rings (SSSR count). The summed E-state index contributed by atoms with van der Waals surface area (Å²) in [6, 6.07) is 17.7. The van der Waals surface area contributed by atoms with E-state index in [0.717, 1.165) is 18.4 Å². The lowest BCUT2D eigenvalue weighted by Gasteiger charge is -2.08. The largest absolute Gasteiger partial charge is 0.460 e. The minimum atomic E-state index is -3.97. The van der Waals surface area contributed by atoms with Crippen molar-refractivity contribution >= 4 is 32.6 Å². The number of carbonyl (C=O) groups is 1. The van der Waals surface area contributed by atoms with Gasteiger partial charge in [0.1, 0.15) is 22.0 Å². The molecule has 6 nitrogen and oxygen atoms in total. The second-order valence-corrected chi connectivity index (χ2v) is 9.51. The van der Waals surface area contributed by atoms with Crippen molar-refractivity contribution in [3.05, 3.63) is 89.2 Å². The second-order valence-electron chi connectivity index (χ2n) is 7.96. The van der Waals surface area contributed by atoms with Gasteiger partial charge < -0.3 is 14.3 Å². The van der Waals surface area contributed by atoms with Crippen molar-refractivity contribution < 1.29 is 21.8 Å². The lowest BCUT2D eigenvalue weighted by Crippen LogP contribution is -2.10. The highest BCUT2D eigenvalue weighted by atomic mass is 32.2. The molecule has 1 heterocycles. The number of anilines is 1. The van der Waals surface area contributed by atoms with Crippen molar-refractivity contribution in [3.8, 4) is 5.75 Å². The molecule has 7 heteroatoms. The van der Waals surface area contributed by atoms with Crippen LogP contribution in [0, 0.1) is 6.92 Å². The van der Waals surface area contributed by atoms with E-state index in [0.29, 0.717) is 40.0 Å². The van der Waals surface area contributed by atoms with Crippen LogP contribution in [0.1, 0.15) is 47.0 Å². The monoisotopic (exact) mass is 463 g/mol. The number of nitrogen functional groups attached to an aromatic ring is 1. The SMILES string of the molecule is CCCCc1oc2ccc(N)cc2c1C(=O)c1ccc(OS(=O)(=O)c2ccc(C)cc2)cc1. The van der Waals surface area contributed by atoms with Crippen molar-refractivity contribution in [2.45, 2.75) is 38.0 Å². The van der Waals surface area contributed by atoms with Crippen LogP contribution in [0.4, 0.5) is 5.69 Å². The number of unbranched alkanes of at least 4 members (excludes halogenated alkanes) is 1. The molecule has 0 fully saturated rings. The molecular weight excluding hydrogens is 438 g/mol. The molecule has 0 aliphatic carbocycles. The number of ketones is 1. The average Bonchev–Trinajstić information content (AvgIpc) is 3.15. The summed E-state index contributed by atoms with van der Waals surface area (Å²) in [5.41, 5.74) is 8.95. The fourth-order valence-electron chi connectivity index (χ4n) is 3.61. The summed E-state index contributed by atoms with van der Waals surface area (Å²) in [5.74, 6) is 0.544. The molecule has 4 aromatic rings. The van der Waals surface area contributed by atoms with E-state index in [1.165, 1.54) is 24.3 Å². The Morgan fingerprint density at radius 1 is 1.00 bits per heavy atom. The Morgan fingerprint density at radius 3 is 2.36 bits per heavy atom. The zero-order valence-electron chi connectivity index (χ0n) is 18.5. The molecule has 0 saturated heterocycles. The quantitative estimate of drug-likeness (QED) is 0.205. The second kappa shape index (κ2) is 9.11. The Labute approximate surface area is 193 Å².